The number of amides is 1. The Bertz CT molecular complexity index is 1770. The third-order valence-electron chi connectivity index (χ3n) is 14.1. The van der Waals surface area contributed by atoms with E-state index in [1.807, 2.05) is 6.08 Å². The Kier molecular flexibility index (Phi) is 54.0. The summed E-state index contributed by atoms with van der Waals surface area (Å²) in [6.07, 6.45) is 83.6. The molecule has 0 bridgehead atoms. The topological polar surface area (TPSA) is 149 Å². The minimum atomic E-state index is -1.58. The highest BCUT2D eigenvalue weighted by Gasteiger charge is 2.44. The zero-order valence-electron chi connectivity index (χ0n) is 50.5. The molecule has 0 spiro atoms. The molecular formula is C71H117NO8. The van der Waals surface area contributed by atoms with Gasteiger partial charge in [0.2, 0.25) is 5.91 Å². The second-order valence-corrected chi connectivity index (χ2v) is 21.4. The van der Waals surface area contributed by atoms with Crippen molar-refractivity contribution in [2.24, 2.45) is 0 Å². The zero-order valence-corrected chi connectivity index (χ0v) is 50.5. The first kappa shape index (κ1) is 74.1. The highest BCUT2D eigenvalue weighted by molar-refractivity contribution is 5.76. The molecule has 1 fully saturated rings. The van der Waals surface area contributed by atoms with E-state index in [9.17, 15) is 30.3 Å². The molecule has 6 N–H and O–H groups in total. The SMILES string of the molecule is CC/C=C\C/C=C\C/C=C\C/C=C\C/C=C\C/C=C\C/C=C\C/C=C\C/C=C\CCCCCCCCCCCCCCCC(=O)NC(COC1OC(CO)C(O)C(O)C1O)C(O)/C=C/CC/C=C/CC/C=C/CCCCCCCC. The van der Waals surface area contributed by atoms with Gasteiger partial charge in [0.05, 0.1) is 25.4 Å². The number of carbonyl (C=O) groups excluding carboxylic acids is 1. The maximum absolute atomic E-state index is 13.1. The second kappa shape index (κ2) is 58.3. The van der Waals surface area contributed by atoms with Gasteiger partial charge in [-0.05, 0) is 116 Å². The summed E-state index contributed by atoms with van der Waals surface area (Å²) < 4.78 is 11.3. The van der Waals surface area contributed by atoms with Crippen LogP contribution in [0.5, 0.6) is 0 Å². The van der Waals surface area contributed by atoms with Crippen LogP contribution in [-0.4, -0.2) is 87.5 Å². The van der Waals surface area contributed by atoms with E-state index in [-0.39, 0.29) is 12.5 Å². The average molecular weight is 1110 g/mol. The van der Waals surface area contributed by atoms with Gasteiger partial charge in [-0.3, -0.25) is 4.79 Å². The lowest BCUT2D eigenvalue weighted by atomic mass is 9.99. The molecule has 0 aromatic rings. The summed E-state index contributed by atoms with van der Waals surface area (Å²) in [4.78, 5) is 13.1. The van der Waals surface area contributed by atoms with Gasteiger partial charge in [-0.25, -0.2) is 0 Å². The molecule has 80 heavy (non-hydrogen) atoms. The smallest absolute Gasteiger partial charge is 0.220 e. The predicted molar refractivity (Wildman–Crippen MR) is 340 cm³/mol. The molecule has 9 heteroatoms. The van der Waals surface area contributed by atoms with Crippen molar-refractivity contribution >= 4 is 5.91 Å². The summed E-state index contributed by atoms with van der Waals surface area (Å²) in [6.45, 7) is 3.62. The summed E-state index contributed by atoms with van der Waals surface area (Å²) in [6, 6.07) is -0.838. The Hall–Kier alpha value is -3.93. The minimum absolute atomic E-state index is 0.198. The van der Waals surface area contributed by atoms with E-state index in [1.165, 1.54) is 109 Å². The Morgan fingerprint density at radius 3 is 1.20 bits per heavy atom. The number of hydrogen-bond donors (Lipinski definition) is 6. The van der Waals surface area contributed by atoms with Crippen LogP contribution < -0.4 is 5.32 Å². The largest absolute Gasteiger partial charge is 0.394 e. The molecule has 0 aromatic heterocycles. The van der Waals surface area contributed by atoms with Gasteiger partial charge in [0.1, 0.15) is 24.4 Å². The molecule has 9 nitrogen and oxygen atoms in total. The van der Waals surface area contributed by atoms with Crippen LogP contribution >= 0.6 is 0 Å². The Morgan fingerprint density at radius 1 is 0.438 bits per heavy atom. The fourth-order valence-corrected chi connectivity index (χ4v) is 9.12. The van der Waals surface area contributed by atoms with Gasteiger partial charge in [-0.2, -0.15) is 0 Å². The number of nitrogens with one attached hydrogen (secondary N) is 1. The number of rotatable bonds is 53. The summed E-state index contributed by atoms with van der Waals surface area (Å²) in [5, 5.41) is 54.5. The molecule has 1 rings (SSSR count). The molecule has 1 amide bonds. The minimum Gasteiger partial charge on any atom is -0.394 e. The van der Waals surface area contributed by atoms with Gasteiger partial charge >= 0.3 is 0 Å². The summed E-state index contributed by atoms with van der Waals surface area (Å²) in [7, 11) is 0. The highest BCUT2D eigenvalue weighted by atomic mass is 16.7. The molecule has 7 unspecified atom stereocenters. The predicted octanol–water partition coefficient (Wildman–Crippen LogP) is 17.0. The van der Waals surface area contributed by atoms with E-state index < -0.39 is 49.5 Å². The van der Waals surface area contributed by atoms with Crippen LogP contribution in [0.4, 0.5) is 0 Å². The van der Waals surface area contributed by atoms with Crippen LogP contribution in [0.2, 0.25) is 0 Å². The number of ether oxygens (including phenoxy) is 2. The second-order valence-electron chi connectivity index (χ2n) is 21.4. The lowest BCUT2D eigenvalue weighted by Gasteiger charge is -2.40. The normalized spacial score (nSPS) is 19.5. The van der Waals surface area contributed by atoms with Crippen molar-refractivity contribution in [1.29, 1.82) is 0 Å². The van der Waals surface area contributed by atoms with Crippen molar-refractivity contribution in [1.82, 2.24) is 5.32 Å². The molecule has 0 radical (unpaired) electrons. The van der Waals surface area contributed by atoms with Gasteiger partial charge in [-0.15, -0.1) is 0 Å². The average Bonchev–Trinajstić information content (AvgIpc) is 3.46. The van der Waals surface area contributed by atoms with E-state index in [4.69, 9.17) is 9.47 Å². The maximum Gasteiger partial charge on any atom is 0.220 e. The van der Waals surface area contributed by atoms with Crippen LogP contribution in [0.25, 0.3) is 0 Å². The van der Waals surface area contributed by atoms with E-state index in [0.717, 1.165) is 109 Å². The van der Waals surface area contributed by atoms with E-state index >= 15 is 0 Å². The Balaban J connectivity index is 2.14. The monoisotopic (exact) mass is 1110 g/mol. The number of aliphatic hydroxyl groups is 5. The molecule has 0 saturated carbocycles. The van der Waals surface area contributed by atoms with Crippen molar-refractivity contribution in [3.63, 3.8) is 0 Å². The van der Waals surface area contributed by atoms with Gasteiger partial charge in [0.25, 0.3) is 0 Å². The summed E-state index contributed by atoms with van der Waals surface area (Å²) >= 11 is 0. The number of hydrogen-bond acceptors (Lipinski definition) is 8. The fourth-order valence-electron chi connectivity index (χ4n) is 9.12. The fraction of sp³-hybridized carbons (Fsp3) is 0.648. The van der Waals surface area contributed by atoms with E-state index in [1.54, 1.807) is 6.08 Å². The number of allylic oxidation sites excluding steroid dienone is 23. The number of carbonyl (C=O) groups is 1. The van der Waals surface area contributed by atoms with Crippen molar-refractivity contribution in [3.8, 4) is 0 Å². The lowest BCUT2D eigenvalue weighted by Crippen LogP contribution is -2.60. The van der Waals surface area contributed by atoms with Crippen LogP contribution in [0.15, 0.2) is 146 Å². The molecular weight excluding hydrogens is 995 g/mol. The molecule has 1 heterocycles. The first-order chi connectivity index (χ1) is 39.3. The van der Waals surface area contributed by atoms with Gasteiger partial charge in [-0.1, -0.05) is 262 Å². The number of aliphatic hydroxyl groups excluding tert-OH is 5. The number of unbranched alkanes of at least 4 members (excludes halogenated alkanes) is 21. The zero-order chi connectivity index (χ0) is 57.9. The van der Waals surface area contributed by atoms with Crippen molar-refractivity contribution in [2.75, 3.05) is 13.2 Å². The molecule has 0 aliphatic carbocycles. The van der Waals surface area contributed by atoms with Crippen molar-refractivity contribution in [3.05, 3.63) is 146 Å². The molecule has 1 aliphatic heterocycles. The molecule has 7 atom stereocenters. The first-order valence-corrected chi connectivity index (χ1v) is 32.1. The summed E-state index contributed by atoms with van der Waals surface area (Å²) in [5.74, 6) is -0.198. The molecule has 454 valence electrons. The molecule has 1 saturated heterocycles. The summed E-state index contributed by atoms with van der Waals surface area (Å²) in [5.41, 5.74) is 0. The Morgan fingerprint density at radius 2 is 0.787 bits per heavy atom. The van der Waals surface area contributed by atoms with E-state index in [0.29, 0.717) is 6.42 Å². The van der Waals surface area contributed by atoms with Crippen LogP contribution in [-0.2, 0) is 14.3 Å². The molecule has 1 aliphatic rings. The van der Waals surface area contributed by atoms with E-state index in [2.05, 4.69) is 153 Å². The standard InChI is InChI=1S/C71H117NO8/c1-3-5-7-9-11-13-15-17-19-21-22-23-24-25-26-27-28-29-30-31-32-33-34-35-36-37-38-39-40-41-42-43-44-45-47-49-51-53-55-57-59-61-67(75)72-64(63-79-71-70(78)69(77)68(76)66(62-73)80-71)65(74)60-58-56-54-52-50-48-46-20-18-16-14-12-10-8-6-4-2/h5,7,11,13,17-20,22-23,25-26,28-29,31-32,34-35,37-38,50,52,58,60,64-66,68-71,73-74,76-78H,3-4,6,8-10,12,14-16,21,24,27,30,33,36,39-49,51,53-57,59,61-63H2,1-2H3,(H,72,75)/b7-5-,13-11-,19-17-,20-18+,23-22-,26-25-,29-28-,32-31-,35-34-,38-37-,52-50+,60-58+. The van der Waals surface area contributed by atoms with Gasteiger partial charge in [0.15, 0.2) is 6.29 Å². The highest BCUT2D eigenvalue weighted by Crippen LogP contribution is 2.23. The lowest BCUT2D eigenvalue weighted by molar-refractivity contribution is -0.302. The van der Waals surface area contributed by atoms with Crippen molar-refractivity contribution < 1.29 is 39.8 Å². The van der Waals surface area contributed by atoms with Crippen LogP contribution in [0.3, 0.4) is 0 Å². The third kappa shape index (κ3) is 46.7. The third-order valence-corrected chi connectivity index (χ3v) is 14.1. The van der Waals surface area contributed by atoms with Crippen LogP contribution in [0.1, 0.15) is 239 Å². The maximum atomic E-state index is 13.1. The Labute approximate surface area is 489 Å². The van der Waals surface area contributed by atoms with Crippen molar-refractivity contribution in [2.45, 2.75) is 281 Å². The van der Waals surface area contributed by atoms with Crippen LogP contribution in [0, 0.1) is 0 Å². The van der Waals surface area contributed by atoms with Gasteiger partial charge in [0, 0.05) is 6.42 Å². The molecule has 0 aromatic carbocycles. The quantitative estimate of drug-likeness (QED) is 0.0261. The first-order valence-electron chi connectivity index (χ1n) is 32.1. The van der Waals surface area contributed by atoms with Gasteiger partial charge < -0.3 is 40.3 Å².